The van der Waals surface area contributed by atoms with Crippen molar-refractivity contribution >= 4 is 58.0 Å². The van der Waals surface area contributed by atoms with E-state index in [0.717, 1.165) is 43.0 Å². The summed E-state index contributed by atoms with van der Waals surface area (Å²) in [6.45, 7) is 34.1. The Morgan fingerprint density at radius 3 is 1.75 bits per heavy atom. The molecule has 1 N–H and O–H groups in total. The van der Waals surface area contributed by atoms with Gasteiger partial charge in [-0.3, -0.25) is 19.5 Å². The molecule has 0 bridgehead atoms. The highest BCUT2D eigenvalue weighted by atomic mass is 31.1. The van der Waals surface area contributed by atoms with Gasteiger partial charge in [-0.1, -0.05) is 139 Å². The third-order valence-electron chi connectivity index (χ3n) is 14.4. The average molecular weight is 1000 g/mol. The maximum atomic E-state index is 4.68. The van der Waals surface area contributed by atoms with Crippen molar-refractivity contribution in [3.63, 3.8) is 0 Å². The average Bonchev–Trinajstić information content (AvgIpc) is 3.77. The van der Waals surface area contributed by atoms with Gasteiger partial charge < -0.3 is 0 Å². The molecule has 0 spiro atoms. The summed E-state index contributed by atoms with van der Waals surface area (Å²) in [7, 11) is 11.2. The van der Waals surface area contributed by atoms with Crippen LogP contribution in [-0.2, 0) is 32.4 Å². The normalized spacial score (nSPS) is 20.0. The predicted molar refractivity (Wildman–Crippen MR) is 322 cm³/mol. The fraction of sp³-hybridized carbons (Fsp3) is 0.422. The molecule has 3 aliphatic carbocycles. The number of rotatable bonds is 9. The summed E-state index contributed by atoms with van der Waals surface area (Å²) in [4.78, 5) is 11.0. The zero-order chi connectivity index (χ0) is 53.6. The van der Waals surface area contributed by atoms with Gasteiger partial charge in [-0.15, -0.1) is 5.01 Å². The molecule has 0 saturated carbocycles. The number of hydrazone groups is 1. The van der Waals surface area contributed by atoms with Crippen molar-refractivity contribution in [2.24, 2.45) is 9.98 Å². The molecular formula is C64H91N8P+2. The molecule has 5 aromatic rings. The van der Waals surface area contributed by atoms with Gasteiger partial charge in [0, 0.05) is 17.7 Å². The molecule has 8 nitrogen and oxygen atoms in total. The van der Waals surface area contributed by atoms with Gasteiger partial charge in [0.15, 0.2) is 21.8 Å². The lowest BCUT2D eigenvalue weighted by Gasteiger charge is -2.40. The molecule has 1 fully saturated rings. The zero-order valence-electron chi connectivity index (χ0n) is 47.6. The summed E-state index contributed by atoms with van der Waals surface area (Å²) < 4.78 is 5.31. The summed E-state index contributed by atoms with van der Waals surface area (Å²) >= 11 is 0. The lowest BCUT2D eigenvalue weighted by atomic mass is 9.91. The third-order valence-corrected chi connectivity index (χ3v) is 15.8. The van der Waals surface area contributed by atoms with E-state index in [4.69, 9.17) is 0 Å². The number of allylic oxidation sites excluding steroid dienone is 3. The lowest BCUT2D eigenvalue weighted by Crippen LogP contribution is -2.44. The van der Waals surface area contributed by atoms with E-state index in [1.54, 1.807) is 0 Å². The SMILES string of the molecule is C=NC(c1cc2c(cc1C)CCC=C2)N(C)C.C=NC1c2cc3ccccc3cc2C(NC)[N+]1(C)PN(C)Cc1cc2c(cc1C)CCC=C2.C=[N+]1C2c3cc4c(cc3CN21)CCC=C4.CC.CC.CC.CC. The minimum Gasteiger partial charge on any atom is -0.284 e. The van der Waals surface area contributed by atoms with Crippen LogP contribution < -0.4 is 5.32 Å². The second kappa shape index (κ2) is 27.3. The topological polar surface area (TPSA) is 49.2 Å². The molecule has 3 aliphatic heterocycles. The Hall–Kier alpha value is -5.34. The number of fused-ring (bicyclic) bond motifs is 8. The number of quaternary nitrogens is 1. The summed E-state index contributed by atoms with van der Waals surface area (Å²) in [5, 5.41) is 8.47. The Balaban J connectivity index is 0.000000207. The number of hydrogen-bond donors (Lipinski definition) is 1. The molecule has 1 saturated heterocycles. The van der Waals surface area contributed by atoms with Gasteiger partial charge in [0.05, 0.1) is 12.6 Å². The van der Waals surface area contributed by atoms with E-state index in [0.29, 0.717) is 15.0 Å². The summed E-state index contributed by atoms with van der Waals surface area (Å²) in [5.41, 5.74) is 19.6. The molecule has 0 amide bonds. The van der Waals surface area contributed by atoms with Crippen LogP contribution in [0.4, 0.5) is 0 Å². The van der Waals surface area contributed by atoms with E-state index >= 15 is 0 Å². The van der Waals surface area contributed by atoms with E-state index < -0.39 is 0 Å². The Morgan fingerprint density at radius 1 is 0.699 bits per heavy atom. The number of benzene rings is 5. The van der Waals surface area contributed by atoms with Crippen LogP contribution in [0, 0.1) is 13.8 Å². The number of aryl methyl sites for hydroxylation is 5. The van der Waals surface area contributed by atoms with Crippen LogP contribution in [0.25, 0.3) is 29.0 Å². The van der Waals surface area contributed by atoms with Crippen LogP contribution in [0.15, 0.2) is 101 Å². The number of nitrogens with zero attached hydrogens (tertiary/aromatic N) is 7. The second-order valence-electron chi connectivity index (χ2n) is 19.1. The quantitative estimate of drug-likeness (QED) is 0.0692. The van der Waals surface area contributed by atoms with Gasteiger partial charge in [-0.2, -0.15) is 0 Å². The maximum absolute atomic E-state index is 4.68. The van der Waals surface area contributed by atoms with Crippen LogP contribution in [-0.4, -0.2) is 78.9 Å². The molecule has 6 unspecified atom stereocenters. The van der Waals surface area contributed by atoms with E-state index in [1.807, 2.05) is 69.5 Å². The summed E-state index contributed by atoms with van der Waals surface area (Å²) in [5.74, 6) is 0. The van der Waals surface area contributed by atoms with Gasteiger partial charge >= 0.3 is 6.17 Å². The zero-order valence-corrected chi connectivity index (χ0v) is 48.6. The van der Waals surface area contributed by atoms with Crippen molar-refractivity contribution in [2.75, 3.05) is 35.2 Å². The fourth-order valence-electron chi connectivity index (χ4n) is 11.0. The van der Waals surface area contributed by atoms with Crippen LogP contribution in [0.5, 0.6) is 0 Å². The number of hydrazine groups is 1. The summed E-state index contributed by atoms with van der Waals surface area (Å²) in [6.07, 6.45) is 21.3. The van der Waals surface area contributed by atoms with Gasteiger partial charge in [0.2, 0.25) is 6.17 Å². The molecule has 0 radical (unpaired) electrons. The molecule has 3 heterocycles. The van der Waals surface area contributed by atoms with Crippen LogP contribution in [0.3, 0.4) is 0 Å². The number of hydrogen-bond acceptors (Lipinski definition) is 6. The monoisotopic (exact) mass is 1000 g/mol. The van der Waals surface area contributed by atoms with Crippen molar-refractivity contribution in [2.45, 2.75) is 146 Å². The van der Waals surface area contributed by atoms with Crippen molar-refractivity contribution in [3.05, 3.63) is 169 Å². The Morgan fingerprint density at radius 2 is 1.22 bits per heavy atom. The van der Waals surface area contributed by atoms with Crippen molar-refractivity contribution < 1.29 is 8.94 Å². The molecule has 9 heteroatoms. The Kier molecular flexibility index (Phi) is 21.9. The molecular weight excluding hydrogens is 912 g/mol. The molecule has 0 aromatic heterocycles. The van der Waals surface area contributed by atoms with E-state index in [2.05, 4.69) is 199 Å². The van der Waals surface area contributed by atoms with Gasteiger partial charge in [-0.25, -0.2) is 9.66 Å². The fourth-order valence-corrected chi connectivity index (χ4v) is 12.7. The highest BCUT2D eigenvalue weighted by Gasteiger charge is 2.58. The molecule has 73 heavy (non-hydrogen) atoms. The van der Waals surface area contributed by atoms with Gasteiger partial charge in [0.1, 0.15) is 12.7 Å². The minimum absolute atomic E-state index is 0.00963. The number of nitrogens with one attached hydrogen (secondary N) is 1. The van der Waals surface area contributed by atoms with Crippen molar-refractivity contribution in [3.8, 4) is 0 Å². The van der Waals surface area contributed by atoms with E-state index in [-0.39, 0.29) is 18.5 Å². The van der Waals surface area contributed by atoms with E-state index in [1.165, 1.54) is 102 Å². The highest BCUT2D eigenvalue weighted by Crippen LogP contribution is 2.56. The van der Waals surface area contributed by atoms with Crippen LogP contribution in [0.2, 0.25) is 0 Å². The number of aliphatic imine (C=N–C) groups is 2. The lowest BCUT2D eigenvalue weighted by molar-refractivity contribution is -0.846. The first-order valence-corrected chi connectivity index (χ1v) is 28.2. The molecule has 390 valence electrons. The molecule has 6 aliphatic rings. The summed E-state index contributed by atoms with van der Waals surface area (Å²) in [6, 6.07) is 27.4. The highest BCUT2D eigenvalue weighted by molar-refractivity contribution is 7.28. The maximum Gasteiger partial charge on any atom is 0.327 e. The van der Waals surface area contributed by atoms with Crippen molar-refractivity contribution in [1.29, 1.82) is 0 Å². The Labute approximate surface area is 444 Å². The molecule has 5 aromatic carbocycles. The Bertz CT molecular complexity index is 2780. The van der Waals surface area contributed by atoms with Gasteiger partial charge in [-0.05, 0) is 196 Å². The first-order chi connectivity index (χ1) is 35.4. The van der Waals surface area contributed by atoms with Gasteiger partial charge in [0.25, 0.3) is 0 Å². The second-order valence-corrected chi connectivity index (χ2v) is 21.0. The van der Waals surface area contributed by atoms with E-state index in [9.17, 15) is 0 Å². The van der Waals surface area contributed by atoms with Crippen molar-refractivity contribution in [1.82, 2.24) is 19.9 Å². The predicted octanol–water partition coefficient (Wildman–Crippen LogP) is 15.5. The van der Waals surface area contributed by atoms with Crippen LogP contribution >= 0.6 is 8.88 Å². The molecule has 11 rings (SSSR count). The smallest absolute Gasteiger partial charge is 0.284 e. The first kappa shape index (κ1) is 58.5. The minimum atomic E-state index is 0.00963. The third kappa shape index (κ3) is 12.8. The standard InChI is InChI=1S/C28H34N4P.C15H20N2.C13H13N2.4C2H6/c1-19-14-20-10-6-7-11-21(20)15-24(19)18-31(4)33-32(5)27(29-2)25-16-22-12-8-9-13-23(22)17-26(25)28(32)30-3;1-11-9-12-7-5-6-8-13(12)10-14(11)15(16-2)17(3)4;1-14-13-12-7-10-5-3-2-4-9(10)6-11(12)8-15(13)14;4*1-2/h7-9,11-17,27-28,30,33H,2,6,10,18H2,1,3-5H3;6,8-10,15H,2,5,7H2,1,3-4H3;3,5-7,13H,1-2,4,8H2;4*1-2H3/q+1;;+1;;;;. The molecule has 6 atom stereocenters. The first-order valence-electron chi connectivity index (χ1n) is 27.3. The van der Waals surface area contributed by atoms with Crippen LogP contribution in [0.1, 0.15) is 177 Å². The largest absolute Gasteiger partial charge is 0.327 e.